The number of hydrogen-bond acceptors (Lipinski definition) is 3. The van der Waals surface area contributed by atoms with Gasteiger partial charge in [0.2, 0.25) is 5.91 Å². The smallest absolute Gasteiger partial charge is 0.326 e. The number of carbonyl (C=O) groups excluding carboxylic acids is 1. The zero-order valence-corrected chi connectivity index (χ0v) is 16.6. The maximum atomic E-state index is 12.8. The summed E-state index contributed by atoms with van der Waals surface area (Å²) in [5.74, 6) is -0.663. The van der Waals surface area contributed by atoms with Gasteiger partial charge in [-0.15, -0.1) is 0 Å². The fourth-order valence-corrected chi connectivity index (χ4v) is 3.47. The van der Waals surface area contributed by atoms with Crippen molar-refractivity contribution in [3.05, 3.63) is 65.2 Å². The van der Waals surface area contributed by atoms with E-state index in [0.29, 0.717) is 11.3 Å². The highest BCUT2D eigenvalue weighted by Crippen LogP contribution is 2.29. The number of halogens is 3. The van der Waals surface area contributed by atoms with Gasteiger partial charge in [-0.2, -0.15) is 13.2 Å². The number of alkyl halides is 3. The van der Waals surface area contributed by atoms with E-state index in [4.69, 9.17) is 0 Å². The highest BCUT2D eigenvalue weighted by molar-refractivity contribution is 7.91. The van der Waals surface area contributed by atoms with Gasteiger partial charge in [0.25, 0.3) is 0 Å². The summed E-state index contributed by atoms with van der Waals surface area (Å²) in [6.07, 6.45) is -4.70. The molecule has 0 aliphatic carbocycles. The van der Waals surface area contributed by atoms with Crippen molar-refractivity contribution >= 4 is 21.4 Å². The molecular formula is C20H22F3NO3S. The second kappa shape index (κ2) is 7.95. The Labute approximate surface area is 162 Å². The molecule has 0 aliphatic rings. The highest BCUT2D eigenvalue weighted by atomic mass is 32.2. The van der Waals surface area contributed by atoms with Crippen LogP contribution >= 0.6 is 0 Å². The van der Waals surface area contributed by atoms with Crippen molar-refractivity contribution in [3.63, 3.8) is 0 Å². The van der Waals surface area contributed by atoms with E-state index >= 15 is 0 Å². The number of benzene rings is 2. The number of rotatable bonds is 5. The molecule has 0 radical (unpaired) electrons. The van der Waals surface area contributed by atoms with E-state index in [1.54, 1.807) is 45.0 Å². The molecule has 0 aliphatic heterocycles. The molecule has 0 saturated heterocycles. The Balaban J connectivity index is 2.09. The van der Waals surface area contributed by atoms with Crippen LogP contribution in [-0.2, 0) is 33.0 Å². The van der Waals surface area contributed by atoms with Gasteiger partial charge in [-0.1, -0.05) is 30.3 Å². The monoisotopic (exact) mass is 413 g/mol. The first kappa shape index (κ1) is 21.9. The van der Waals surface area contributed by atoms with Crippen LogP contribution < -0.4 is 5.32 Å². The van der Waals surface area contributed by atoms with Crippen LogP contribution in [0.3, 0.4) is 0 Å². The van der Waals surface area contributed by atoms with Gasteiger partial charge in [0.1, 0.15) is 0 Å². The predicted molar refractivity (Wildman–Crippen MR) is 103 cm³/mol. The number of nitrogens with one attached hydrogen (secondary N) is 1. The predicted octanol–water partition coefficient (Wildman–Crippen LogP) is 4.60. The molecule has 0 bridgehead atoms. The maximum absolute atomic E-state index is 12.8. The van der Waals surface area contributed by atoms with Crippen LogP contribution in [0.25, 0.3) is 0 Å². The third-order valence-corrected chi connectivity index (χ3v) is 6.70. The minimum atomic E-state index is -4.47. The first-order valence-corrected chi connectivity index (χ1v) is 10.2. The van der Waals surface area contributed by atoms with Crippen molar-refractivity contribution < 1.29 is 26.4 Å². The van der Waals surface area contributed by atoms with Crippen molar-refractivity contribution in [1.29, 1.82) is 0 Å². The lowest BCUT2D eigenvalue weighted by atomic mass is 10.1. The summed E-state index contributed by atoms with van der Waals surface area (Å²) in [7, 11) is -3.38. The third-order valence-electron chi connectivity index (χ3n) is 4.12. The lowest BCUT2D eigenvalue weighted by Crippen LogP contribution is -2.29. The van der Waals surface area contributed by atoms with E-state index < -0.39 is 32.2 Å². The average molecular weight is 413 g/mol. The molecule has 152 valence electrons. The second-order valence-corrected chi connectivity index (χ2v) is 10.2. The number of sulfone groups is 1. The Morgan fingerprint density at radius 3 is 2.18 bits per heavy atom. The third kappa shape index (κ3) is 5.82. The minimum Gasteiger partial charge on any atom is -0.326 e. The maximum Gasteiger partial charge on any atom is 0.416 e. The van der Waals surface area contributed by atoms with Crippen LogP contribution in [0.2, 0.25) is 0 Å². The number of hydrogen-bond donors (Lipinski definition) is 1. The summed E-state index contributed by atoms with van der Waals surface area (Å²) in [4.78, 5) is 12.2. The zero-order valence-electron chi connectivity index (χ0n) is 15.8. The molecular weight excluding hydrogens is 391 g/mol. The molecule has 1 N–H and O–H groups in total. The van der Waals surface area contributed by atoms with Gasteiger partial charge < -0.3 is 5.32 Å². The Hall–Kier alpha value is -2.35. The van der Waals surface area contributed by atoms with Crippen molar-refractivity contribution in [2.24, 2.45) is 0 Å². The van der Waals surface area contributed by atoms with Crippen LogP contribution in [0.1, 0.15) is 37.5 Å². The molecule has 28 heavy (non-hydrogen) atoms. The fourth-order valence-electron chi connectivity index (χ4n) is 2.42. The van der Waals surface area contributed by atoms with E-state index in [2.05, 4.69) is 5.32 Å². The summed E-state index contributed by atoms with van der Waals surface area (Å²) in [6.45, 7) is 4.84. The first-order chi connectivity index (χ1) is 12.8. The summed E-state index contributed by atoms with van der Waals surface area (Å²) in [5, 5.41) is 2.60. The summed E-state index contributed by atoms with van der Waals surface area (Å²) >= 11 is 0. The average Bonchev–Trinajstić information content (AvgIpc) is 2.53. The van der Waals surface area contributed by atoms with Crippen molar-refractivity contribution in [2.75, 3.05) is 5.32 Å². The van der Waals surface area contributed by atoms with Gasteiger partial charge in [-0.3, -0.25) is 4.79 Å². The lowest BCUT2D eigenvalue weighted by molar-refractivity contribution is -0.137. The molecule has 2 aromatic rings. The molecule has 0 fully saturated rings. The molecule has 0 saturated carbocycles. The Kier molecular flexibility index (Phi) is 6.23. The normalized spacial score (nSPS) is 12.6. The van der Waals surface area contributed by atoms with Gasteiger partial charge in [-0.05, 0) is 50.1 Å². The topological polar surface area (TPSA) is 63.2 Å². The Morgan fingerprint density at radius 1 is 0.964 bits per heavy atom. The van der Waals surface area contributed by atoms with Crippen LogP contribution in [0, 0.1) is 0 Å². The van der Waals surface area contributed by atoms with E-state index in [1.807, 2.05) is 0 Å². The molecule has 0 spiro atoms. The molecule has 8 heteroatoms. The summed E-state index contributed by atoms with van der Waals surface area (Å²) < 4.78 is 62.1. The molecule has 0 heterocycles. The van der Waals surface area contributed by atoms with E-state index in [1.165, 1.54) is 12.1 Å². The largest absolute Gasteiger partial charge is 0.416 e. The van der Waals surface area contributed by atoms with Crippen LogP contribution in [0.15, 0.2) is 48.5 Å². The minimum absolute atomic E-state index is 0.173. The number of amides is 1. The molecule has 0 atom stereocenters. The van der Waals surface area contributed by atoms with E-state index in [0.717, 1.165) is 12.1 Å². The molecule has 4 nitrogen and oxygen atoms in total. The summed E-state index contributed by atoms with van der Waals surface area (Å²) in [5.41, 5.74) is 0.330. The quantitative estimate of drug-likeness (QED) is 0.779. The first-order valence-electron chi connectivity index (χ1n) is 8.55. The van der Waals surface area contributed by atoms with E-state index in [-0.39, 0.29) is 17.7 Å². The van der Waals surface area contributed by atoms with Crippen molar-refractivity contribution in [3.8, 4) is 0 Å². The van der Waals surface area contributed by atoms with Gasteiger partial charge in [0.15, 0.2) is 9.84 Å². The fraction of sp³-hybridized carbons (Fsp3) is 0.350. The van der Waals surface area contributed by atoms with Gasteiger partial charge >= 0.3 is 6.18 Å². The molecule has 1 amide bonds. The van der Waals surface area contributed by atoms with E-state index in [9.17, 15) is 26.4 Å². The Morgan fingerprint density at radius 2 is 1.57 bits per heavy atom. The van der Waals surface area contributed by atoms with Crippen molar-refractivity contribution in [1.82, 2.24) is 0 Å². The lowest BCUT2D eigenvalue weighted by Gasteiger charge is -2.19. The Bertz CT molecular complexity index is 961. The molecule has 2 aromatic carbocycles. The summed E-state index contributed by atoms with van der Waals surface area (Å²) in [6, 6.07) is 11.0. The van der Waals surface area contributed by atoms with Crippen LogP contribution in [-0.4, -0.2) is 19.1 Å². The van der Waals surface area contributed by atoms with Crippen LogP contribution in [0.4, 0.5) is 18.9 Å². The molecule has 2 rings (SSSR count). The van der Waals surface area contributed by atoms with Crippen LogP contribution in [0.5, 0.6) is 0 Å². The highest BCUT2D eigenvalue weighted by Gasteiger charge is 2.30. The SMILES string of the molecule is CC(C)(C)S(=O)(=O)Cc1cccc(NC(=O)Cc2cccc(C(F)(F)F)c2)c1. The second-order valence-electron chi connectivity index (χ2n) is 7.49. The number of carbonyl (C=O) groups is 1. The van der Waals surface area contributed by atoms with Gasteiger partial charge in [0.05, 0.1) is 22.5 Å². The van der Waals surface area contributed by atoms with Crippen molar-refractivity contribution in [2.45, 2.75) is 43.9 Å². The molecule has 0 aromatic heterocycles. The van der Waals surface area contributed by atoms with Gasteiger partial charge in [-0.25, -0.2) is 8.42 Å². The van der Waals surface area contributed by atoms with Gasteiger partial charge in [0, 0.05) is 5.69 Å². The number of anilines is 1. The zero-order chi connectivity index (χ0) is 21.2. The molecule has 0 unspecified atom stereocenters. The standard InChI is InChI=1S/C20H22F3NO3S/c1-19(2,3)28(26,27)13-15-7-5-9-17(11-15)24-18(25)12-14-6-4-8-16(10-14)20(21,22)23/h4-11H,12-13H2,1-3H3,(H,24,25).